The highest BCUT2D eigenvalue weighted by Crippen LogP contribution is 2.38. The first-order chi connectivity index (χ1) is 9.74. The van der Waals surface area contributed by atoms with Gasteiger partial charge >= 0.3 is 0 Å². The Kier molecular flexibility index (Phi) is 3.99. The number of nitrogens with zero attached hydrogens (tertiary/aromatic N) is 2. The van der Waals surface area contributed by atoms with Gasteiger partial charge in [0.15, 0.2) is 0 Å². The zero-order valence-electron chi connectivity index (χ0n) is 12.1. The van der Waals surface area contributed by atoms with Crippen molar-refractivity contribution in [1.29, 1.82) is 0 Å². The third kappa shape index (κ3) is 2.33. The van der Waals surface area contributed by atoms with Gasteiger partial charge in [-0.2, -0.15) is 0 Å². The normalized spacial score (nSPS) is 22.1. The predicted octanol–water partition coefficient (Wildman–Crippen LogP) is 3.87. The number of hydrogen-bond acceptors (Lipinski definition) is 2. The Labute approximate surface area is 124 Å². The zero-order chi connectivity index (χ0) is 14.1. The van der Waals surface area contributed by atoms with Gasteiger partial charge in [0.2, 0.25) is 0 Å². The molecule has 0 bridgehead atoms. The lowest BCUT2D eigenvalue weighted by Crippen LogP contribution is -2.34. The first-order valence-corrected chi connectivity index (χ1v) is 7.92. The van der Waals surface area contributed by atoms with E-state index in [1.807, 2.05) is 0 Å². The smallest absolute Gasteiger partial charge is 0.111 e. The summed E-state index contributed by atoms with van der Waals surface area (Å²) in [5.74, 6) is 1.73. The van der Waals surface area contributed by atoms with Crippen LogP contribution in [0.5, 0.6) is 0 Å². The molecular weight excluding hydrogens is 272 g/mol. The molecule has 0 N–H and O–H groups in total. The van der Waals surface area contributed by atoms with E-state index in [0.717, 1.165) is 37.2 Å². The number of fused-ring (bicyclic) bond motifs is 1. The topological polar surface area (TPSA) is 27.1 Å². The van der Waals surface area contributed by atoms with E-state index in [4.69, 9.17) is 21.3 Å². The molecule has 2 aromatic rings. The average Bonchev–Trinajstić information content (AvgIpc) is 2.73. The van der Waals surface area contributed by atoms with E-state index in [1.165, 1.54) is 11.1 Å². The van der Waals surface area contributed by atoms with Crippen molar-refractivity contribution in [2.45, 2.75) is 45.3 Å². The maximum absolute atomic E-state index is 5.94. The van der Waals surface area contributed by atoms with Gasteiger partial charge in [0, 0.05) is 24.9 Å². The summed E-state index contributed by atoms with van der Waals surface area (Å²) in [4.78, 5) is 4.77. The van der Waals surface area contributed by atoms with Crippen molar-refractivity contribution in [3.63, 3.8) is 0 Å². The number of benzene rings is 1. The largest absolute Gasteiger partial charge is 0.378 e. The number of alkyl halides is 1. The fourth-order valence-electron chi connectivity index (χ4n) is 3.14. The van der Waals surface area contributed by atoms with E-state index in [1.54, 1.807) is 0 Å². The molecule has 0 amide bonds. The molecular formula is C16H21ClN2O. The third-order valence-corrected chi connectivity index (χ3v) is 4.33. The Morgan fingerprint density at radius 2 is 2.20 bits per heavy atom. The lowest BCUT2D eigenvalue weighted by atomic mass is 9.88. The molecule has 108 valence electrons. The minimum absolute atomic E-state index is 0.412. The van der Waals surface area contributed by atoms with E-state index < -0.39 is 0 Å². The zero-order valence-corrected chi connectivity index (χ0v) is 12.9. The Balaban J connectivity index is 1.97. The van der Waals surface area contributed by atoms with Crippen LogP contribution in [-0.2, 0) is 11.2 Å². The second kappa shape index (κ2) is 5.74. The first-order valence-electron chi connectivity index (χ1n) is 7.38. The van der Waals surface area contributed by atoms with Crippen LogP contribution < -0.4 is 0 Å². The third-order valence-electron chi connectivity index (χ3n) is 4.14. The molecule has 0 atom stereocenters. The van der Waals surface area contributed by atoms with E-state index in [-0.39, 0.29) is 0 Å². The highest BCUT2D eigenvalue weighted by atomic mass is 35.5. The van der Waals surface area contributed by atoms with Crippen molar-refractivity contribution >= 4 is 22.6 Å². The summed E-state index contributed by atoms with van der Waals surface area (Å²) in [6.07, 6.45) is 3.41. The molecule has 4 heteroatoms. The number of imidazole rings is 1. The second-order valence-corrected chi connectivity index (χ2v) is 5.86. The van der Waals surface area contributed by atoms with Gasteiger partial charge in [-0.1, -0.05) is 12.1 Å². The van der Waals surface area contributed by atoms with Gasteiger partial charge in [0.1, 0.15) is 5.82 Å². The van der Waals surface area contributed by atoms with Gasteiger partial charge in [-0.3, -0.25) is 0 Å². The molecule has 1 aliphatic carbocycles. The van der Waals surface area contributed by atoms with Gasteiger partial charge in [-0.05, 0) is 38.3 Å². The highest BCUT2D eigenvalue weighted by molar-refractivity contribution is 6.17. The fraction of sp³-hybridized carbons (Fsp3) is 0.562. The van der Waals surface area contributed by atoms with Crippen LogP contribution in [0, 0.1) is 6.92 Å². The standard InChI is InChI=1S/C16H21ClN2O/c1-3-20-13-9-12(10-13)19-15(7-8-17)18-14-6-4-5-11(2)16(14)19/h4-6,12-13H,3,7-10H2,1-2H3. The van der Waals surface area contributed by atoms with Crippen LogP contribution in [-0.4, -0.2) is 28.1 Å². The van der Waals surface area contributed by atoms with Crippen LogP contribution in [0.1, 0.15) is 37.2 Å². The van der Waals surface area contributed by atoms with E-state index in [0.29, 0.717) is 18.0 Å². The van der Waals surface area contributed by atoms with Crippen molar-refractivity contribution in [1.82, 2.24) is 9.55 Å². The molecule has 20 heavy (non-hydrogen) atoms. The molecule has 0 saturated heterocycles. The summed E-state index contributed by atoms with van der Waals surface area (Å²) in [5, 5.41) is 0. The minimum atomic E-state index is 0.412. The van der Waals surface area contributed by atoms with Gasteiger partial charge in [-0.25, -0.2) is 4.98 Å². The average molecular weight is 293 g/mol. The Morgan fingerprint density at radius 3 is 2.90 bits per heavy atom. The fourth-order valence-corrected chi connectivity index (χ4v) is 3.31. The van der Waals surface area contributed by atoms with Crippen molar-refractivity contribution < 1.29 is 4.74 Å². The van der Waals surface area contributed by atoms with Crippen LogP contribution in [0.25, 0.3) is 11.0 Å². The predicted molar refractivity (Wildman–Crippen MR) is 82.6 cm³/mol. The quantitative estimate of drug-likeness (QED) is 0.782. The van der Waals surface area contributed by atoms with Crippen molar-refractivity contribution in [3.8, 4) is 0 Å². The SMILES string of the molecule is CCOC1CC(n2c(CCCl)nc3cccc(C)c32)C1. The molecule has 1 aliphatic rings. The summed E-state index contributed by atoms with van der Waals surface area (Å²) in [7, 11) is 0. The Bertz CT molecular complexity index is 602. The van der Waals surface area contributed by atoms with E-state index in [9.17, 15) is 0 Å². The lowest BCUT2D eigenvalue weighted by molar-refractivity contribution is -0.0193. The Morgan fingerprint density at radius 1 is 1.40 bits per heavy atom. The number of aryl methyl sites for hydroxylation is 2. The minimum Gasteiger partial charge on any atom is -0.378 e. The van der Waals surface area contributed by atoms with Gasteiger partial charge < -0.3 is 9.30 Å². The highest BCUT2D eigenvalue weighted by Gasteiger charge is 2.33. The number of rotatable bonds is 5. The van der Waals surface area contributed by atoms with Gasteiger partial charge in [0.25, 0.3) is 0 Å². The molecule has 0 unspecified atom stereocenters. The summed E-state index contributed by atoms with van der Waals surface area (Å²) in [6, 6.07) is 6.83. The van der Waals surface area contributed by atoms with Crippen LogP contribution in [0.2, 0.25) is 0 Å². The summed E-state index contributed by atoms with van der Waals surface area (Å²) >= 11 is 5.94. The molecule has 1 aromatic carbocycles. The van der Waals surface area contributed by atoms with Crippen molar-refractivity contribution in [2.75, 3.05) is 12.5 Å². The lowest BCUT2D eigenvalue weighted by Gasteiger charge is -2.37. The van der Waals surface area contributed by atoms with Crippen LogP contribution >= 0.6 is 11.6 Å². The van der Waals surface area contributed by atoms with Crippen LogP contribution in [0.4, 0.5) is 0 Å². The van der Waals surface area contributed by atoms with Gasteiger partial charge in [-0.15, -0.1) is 11.6 Å². The maximum Gasteiger partial charge on any atom is 0.111 e. The summed E-state index contributed by atoms with van der Waals surface area (Å²) in [5.41, 5.74) is 3.65. The number of halogens is 1. The summed E-state index contributed by atoms with van der Waals surface area (Å²) < 4.78 is 8.09. The van der Waals surface area contributed by atoms with E-state index in [2.05, 4.69) is 36.6 Å². The molecule has 3 nitrogen and oxygen atoms in total. The van der Waals surface area contributed by atoms with E-state index >= 15 is 0 Å². The van der Waals surface area contributed by atoms with Crippen molar-refractivity contribution in [3.05, 3.63) is 29.6 Å². The molecule has 1 fully saturated rings. The maximum atomic E-state index is 5.94. The molecule has 1 saturated carbocycles. The molecule has 3 rings (SSSR count). The first kappa shape index (κ1) is 13.9. The van der Waals surface area contributed by atoms with Crippen LogP contribution in [0.3, 0.4) is 0 Å². The van der Waals surface area contributed by atoms with Crippen LogP contribution in [0.15, 0.2) is 18.2 Å². The van der Waals surface area contributed by atoms with Gasteiger partial charge in [0.05, 0.1) is 17.1 Å². The Hall–Kier alpha value is -1.06. The second-order valence-electron chi connectivity index (χ2n) is 5.48. The van der Waals surface area contributed by atoms with Crippen molar-refractivity contribution in [2.24, 2.45) is 0 Å². The summed E-state index contributed by atoms with van der Waals surface area (Å²) in [6.45, 7) is 5.02. The molecule has 0 aliphatic heterocycles. The molecule has 0 spiro atoms. The molecule has 0 radical (unpaired) electrons. The number of hydrogen-bond donors (Lipinski definition) is 0. The number of aromatic nitrogens is 2. The number of para-hydroxylation sites is 1. The monoisotopic (exact) mass is 292 g/mol. The molecule has 1 heterocycles. The molecule has 1 aromatic heterocycles. The number of ether oxygens (including phenoxy) is 1.